The van der Waals surface area contributed by atoms with Gasteiger partial charge in [0.05, 0.1) is 10.6 Å². The smallest absolute Gasteiger partial charge is 0.101 e. The van der Waals surface area contributed by atoms with Gasteiger partial charge >= 0.3 is 0 Å². The molecule has 3 nitrogen and oxygen atoms in total. The molecule has 0 saturated carbocycles. The van der Waals surface area contributed by atoms with Crippen LogP contribution in [0.5, 0.6) is 0 Å². The van der Waals surface area contributed by atoms with Gasteiger partial charge < -0.3 is 9.80 Å². The first-order chi connectivity index (χ1) is 12.2. The fourth-order valence-electron chi connectivity index (χ4n) is 4.23. The molecule has 0 amide bonds. The van der Waals surface area contributed by atoms with Crippen LogP contribution < -0.4 is 9.80 Å². The summed E-state index contributed by atoms with van der Waals surface area (Å²) in [7, 11) is 0. The Morgan fingerprint density at radius 1 is 0.880 bits per heavy atom. The number of anilines is 2. The third-order valence-electron chi connectivity index (χ3n) is 5.82. The topological polar surface area (TPSA) is 30.3 Å². The van der Waals surface area contributed by atoms with E-state index in [0.717, 1.165) is 31.9 Å². The van der Waals surface area contributed by atoms with Crippen molar-refractivity contribution in [3.05, 3.63) is 59.1 Å². The summed E-state index contributed by atoms with van der Waals surface area (Å²) < 4.78 is 0. The molecule has 128 valence electrons. The summed E-state index contributed by atoms with van der Waals surface area (Å²) in [6.45, 7) is 4.43. The van der Waals surface area contributed by atoms with E-state index in [2.05, 4.69) is 46.2 Å². The summed E-state index contributed by atoms with van der Waals surface area (Å²) in [5.41, 5.74) is 3.46. The molecule has 4 rings (SSSR count). The van der Waals surface area contributed by atoms with Crippen molar-refractivity contribution in [1.29, 1.82) is 5.26 Å². The molecule has 2 saturated heterocycles. The Morgan fingerprint density at radius 3 is 2.20 bits per heavy atom. The average molecular weight is 352 g/mol. The van der Waals surface area contributed by atoms with Crippen LogP contribution in [0.15, 0.2) is 48.5 Å². The van der Waals surface area contributed by atoms with Gasteiger partial charge in [0.2, 0.25) is 0 Å². The van der Waals surface area contributed by atoms with Gasteiger partial charge in [-0.3, -0.25) is 0 Å². The van der Waals surface area contributed by atoms with Crippen molar-refractivity contribution in [1.82, 2.24) is 0 Å². The van der Waals surface area contributed by atoms with E-state index in [9.17, 15) is 0 Å². The second kappa shape index (κ2) is 6.61. The molecule has 0 unspecified atom stereocenters. The van der Waals surface area contributed by atoms with Gasteiger partial charge in [-0.05, 0) is 55.0 Å². The van der Waals surface area contributed by atoms with Crippen molar-refractivity contribution in [2.45, 2.75) is 19.3 Å². The van der Waals surface area contributed by atoms with E-state index in [1.54, 1.807) is 0 Å². The Balaban J connectivity index is 1.43. The van der Waals surface area contributed by atoms with E-state index in [1.807, 2.05) is 18.2 Å². The van der Waals surface area contributed by atoms with Crippen LogP contribution in [-0.4, -0.2) is 26.2 Å². The zero-order chi connectivity index (χ0) is 17.3. The quantitative estimate of drug-likeness (QED) is 0.785. The molecule has 2 aromatic rings. The number of benzene rings is 2. The van der Waals surface area contributed by atoms with E-state index in [1.165, 1.54) is 24.9 Å². The summed E-state index contributed by atoms with van der Waals surface area (Å²) in [5.74, 6) is 0. The molecule has 1 spiro atoms. The minimum absolute atomic E-state index is 0.422. The second-order valence-corrected chi connectivity index (χ2v) is 7.68. The number of nitriles is 1. The highest BCUT2D eigenvalue weighted by Crippen LogP contribution is 2.43. The lowest BCUT2D eigenvalue weighted by molar-refractivity contribution is 0.250. The molecule has 0 aromatic heterocycles. The number of rotatable bonds is 2. The zero-order valence-corrected chi connectivity index (χ0v) is 15.0. The molecule has 25 heavy (non-hydrogen) atoms. The van der Waals surface area contributed by atoms with Gasteiger partial charge in [-0.1, -0.05) is 29.8 Å². The van der Waals surface area contributed by atoms with Gasteiger partial charge in [0.25, 0.3) is 0 Å². The number of piperidine rings is 1. The maximum Gasteiger partial charge on any atom is 0.101 e. The number of hydrogen-bond acceptors (Lipinski definition) is 3. The van der Waals surface area contributed by atoms with Gasteiger partial charge in [0.15, 0.2) is 0 Å². The fourth-order valence-corrected chi connectivity index (χ4v) is 4.45. The number of nitrogens with zero attached hydrogens (tertiary/aromatic N) is 3. The number of para-hydroxylation sites is 1. The lowest BCUT2D eigenvalue weighted by atomic mass is 9.77. The van der Waals surface area contributed by atoms with Gasteiger partial charge in [0.1, 0.15) is 6.07 Å². The maximum absolute atomic E-state index is 9.04. The molecular weight excluding hydrogens is 330 g/mol. The van der Waals surface area contributed by atoms with Crippen molar-refractivity contribution in [2.75, 3.05) is 36.0 Å². The molecule has 0 aliphatic carbocycles. The molecule has 2 fully saturated rings. The monoisotopic (exact) mass is 351 g/mol. The summed E-state index contributed by atoms with van der Waals surface area (Å²) in [4.78, 5) is 4.94. The minimum atomic E-state index is 0.422. The Bertz CT molecular complexity index is 789. The van der Waals surface area contributed by atoms with Gasteiger partial charge in [-0.15, -0.1) is 0 Å². The molecular formula is C21H22ClN3. The highest BCUT2D eigenvalue weighted by Gasteiger charge is 2.40. The van der Waals surface area contributed by atoms with Crippen LogP contribution in [-0.2, 0) is 0 Å². The largest absolute Gasteiger partial charge is 0.371 e. The Morgan fingerprint density at radius 2 is 1.56 bits per heavy atom. The Labute approximate surface area is 154 Å². The van der Waals surface area contributed by atoms with E-state index < -0.39 is 0 Å². The van der Waals surface area contributed by atoms with E-state index >= 15 is 0 Å². The number of hydrogen-bond donors (Lipinski definition) is 0. The predicted octanol–water partition coefficient (Wildman–Crippen LogP) is 4.71. The fraction of sp³-hybridized carbons (Fsp3) is 0.381. The van der Waals surface area contributed by atoms with Crippen molar-refractivity contribution < 1.29 is 0 Å². The lowest BCUT2D eigenvalue weighted by Gasteiger charge is -2.40. The molecule has 0 atom stereocenters. The van der Waals surface area contributed by atoms with Crippen molar-refractivity contribution in [2.24, 2.45) is 5.41 Å². The van der Waals surface area contributed by atoms with Crippen molar-refractivity contribution >= 4 is 23.0 Å². The minimum Gasteiger partial charge on any atom is -0.371 e. The van der Waals surface area contributed by atoms with E-state index in [0.29, 0.717) is 16.0 Å². The van der Waals surface area contributed by atoms with E-state index in [4.69, 9.17) is 16.9 Å². The Kier molecular flexibility index (Phi) is 4.31. The van der Waals surface area contributed by atoms with Crippen LogP contribution in [0, 0.1) is 16.7 Å². The molecule has 4 heteroatoms. The summed E-state index contributed by atoms with van der Waals surface area (Å²) in [6.07, 6.45) is 3.72. The standard InChI is InChI=1S/C21H22ClN3/c22-20-14-19(7-6-17(20)15-23)25-13-10-21(16-25)8-11-24(12-9-21)18-4-2-1-3-5-18/h1-7,14H,8-13,16H2. The van der Waals surface area contributed by atoms with Crippen LogP contribution in [0.3, 0.4) is 0 Å². The normalized spacial score (nSPS) is 19.2. The van der Waals surface area contributed by atoms with Gasteiger partial charge in [0, 0.05) is 37.6 Å². The van der Waals surface area contributed by atoms with Crippen LogP contribution in [0.4, 0.5) is 11.4 Å². The number of halogens is 1. The SMILES string of the molecule is N#Cc1ccc(N2CCC3(CCN(c4ccccc4)CC3)C2)cc1Cl. The molecule has 2 aliphatic rings. The predicted molar refractivity (Wildman–Crippen MR) is 103 cm³/mol. The summed E-state index contributed by atoms with van der Waals surface area (Å²) >= 11 is 6.22. The van der Waals surface area contributed by atoms with Gasteiger partial charge in [-0.25, -0.2) is 0 Å². The molecule has 0 radical (unpaired) electrons. The van der Waals surface area contributed by atoms with Crippen molar-refractivity contribution in [3.8, 4) is 6.07 Å². The van der Waals surface area contributed by atoms with Gasteiger partial charge in [-0.2, -0.15) is 5.26 Å². The first-order valence-electron chi connectivity index (χ1n) is 8.94. The molecule has 0 N–H and O–H groups in total. The maximum atomic E-state index is 9.04. The third-order valence-corrected chi connectivity index (χ3v) is 6.13. The second-order valence-electron chi connectivity index (χ2n) is 7.27. The average Bonchev–Trinajstić information content (AvgIpc) is 3.07. The highest BCUT2D eigenvalue weighted by molar-refractivity contribution is 6.32. The summed E-state index contributed by atoms with van der Waals surface area (Å²) in [6, 6.07) is 18.7. The first kappa shape index (κ1) is 16.3. The highest BCUT2D eigenvalue weighted by atomic mass is 35.5. The molecule has 2 aliphatic heterocycles. The Hall–Kier alpha value is -2.18. The van der Waals surface area contributed by atoms with Crippen LogP contribution in [0.1, 0.15) is 24.8 Å². The first-order valence-corrected chi connectivity index (χ1v) is 9.32. The van der Waals surface area contributed by atoms with Crippen molar-refractivity contribution in [3.63, 3.8) is 0 Å². The molecule has 2 heterocycles. The molecule has 2 aromatic carbocycles. The van der Waals surface area contributed by atoms with Crippen LogP contribution in [0.2, 0.25) is 5.02 Å². The molecule has 0 bridgehead atoms. The lowest BCUT2D eigenvalue weighted by Crippen LogP contribution is -2.41. The summed E-state index contributed by atoms with van der Waals surface area (Å²) in [5, 5.41) is 9.59. The zero-order valence-electron chi connectivity index (χ0n) is 14.3. The third kappa shape index (κ3) is 3.19. The van der Waals surface area contributed by atoms with Crippen LogP contribution in [0.25, 0.3) is 0 Å². The van der Waals surface area contributed by atoms with Crippen LogP contribution >= 0.6 is 11.6 Å². The van der Waals surface area contributed by atoms with E-state index in [-0.39, 0.29) is 0 Å².